The molecule has 0 aliphatic carbocycles. The molecule has 1 heterocycles. The van der Waals surface area contributed by atoms with Gasteiger partial charge in [0, 0.05) is 12.2 Å². The van der Waals surface area contributed by atoms with Crippen LogP contribution < -0.4 is 5.32 Å². The van der Waals surface area contributed by atoms with Gasteiger partial charge < -0.3 is 5.32 Å². The van der Waals surface area contributed by atoms with Gasteiger partial charge in [0.15, 0.2) is 0 Å². The second kappa shape index (κ2) is 5.66. The molecule has 2 aromatic carbocycles. The number of aryl methyl sites for hydroxylation is 4. The Balaban J connectivity index is 1.72. The SMILES string of the molecule is Cc1cc(F)ccc1CCc1ccc2c(c1)CCCN2. The normalized spacial score (nSPS) is 13.7. The van der Waals surface area contributed by atoms with Gasteiger partial charge in [0.05, 0.1) is 0 Å². The Kier molecular flexibility index (Phi) is 3.72. The topological polar surface area (TPSA) is 12.0 Å². The van der Waals surface area contributed by atoms with Crippen molar-refractivity contribution in [1.29, 1.82) is 0 Å². The highest BCUT2D eigenvalue weighted by atomic mass is 19.1. The molecule has 20 heavy (non-hydrogen) atoms. The van der Waals surface area contributed by atoms with Gasteiger partial charge in [-0.3, -0.25) is 0 Å². The summed E-state index contributed by atoms with van der Waals surface area (Å²) >= 11 is 0. The van der Waals surface area contributed by atoms with E-state index in [0.29, 0.717) is 0 Å². The Labute approximate surface area is 119 Å². The Morgan fingerprint density at radius 3 is 2.85 bits per heavy atom. The Hall–Kier alpha value is -1.83. The lowest BCUT2D eigenvalue weighted by Gasteiger charge is -2.18. The molecule has 0 aromatic heterocycles. The van der Waals surface area contributed by atoms with E-state index >= 15 is 0 Å². The lowest BCUT2D eigenvalue weighted by molar-refractivity contribution is 0.625. The number of hydrogen-bond acceptors (Lipinski definition) is 1. The summed E-state index contributed by atoms with van der Waals surface area (Å²) in [5.74, 6) is -0.147. The smallest absolute Gasteiger partial charge is 0.123 e. The first-order valence-electron chi connectivity index (χ1n) is 7.33. The molecule has 1 aliphatic heterocycles. The molecule has 0 saturated heterocycles. The molecule has 1 N–H and O–H groups in total. The van der Waals surface area contributed by atoms with Crippen molar-refractivity contribution in [2.75, 3.05) is 11.9 Å². The molecule has 1 nitrogen and oxygen atoms in total. The highest BCUT2D eigenvalue weighted by Gasteiger charge is 2.09. The molecule has 0 unspecified atom stereocenters. The summed E-state index contributed by atoms with van der Waals surface area (Å²) in [6.07, 6.45) is 4.37. The predicted octanol–water partition coefficient (Wildman–Crippen LogP) is 4.28. The van der Waals surface area contributed by atoms with E-state index in [2.05, 4.69) is 23.5 Å². The first kappa shape index (κ1) is 13.2. The number of fused-ring (bicyclic) bond motifs is 1. The Morgan fingerprint density at radius 2 is 2.00 bits per heavy atom. The molecular formula is C18H20FN. The fraction of sp³-hybridized carbons (Fsp3) is 0.333. The van der Waals surface area contributed by atoms with Gasteiger partial charge in [0.2, 0.25) is 0 Å². The Morgan fingerprint density at radius 1 is 1.10 bits per heavy atom. The summed E-state index contributed by atoms with van der Waals surface area (Å²) < 4.78 is 13.1. The quantitative estimate of drug-likeness (QED) is 0.877. The average Bonchev–Trinajstić information content (AvgIpc) is 2.46. The maximum atomic E-state index is 13.1. The van der Waals surface area contributed by atoms with Crippen LogP contribution in [-0.4, -0.2) is 6.54 Å². The standard InChI is InChI=1S/C18H20FN/c1-13-11-17(19)8-7-15(13)6-4-14-5-9-18-16(12-14)3-2-10-20-18/h5,7-9,11-12,20H,2-4,6,10H2,1H3. The van der Waals surface area contributed by atoms with Crippen LogP contribution in [0.25, 0.3) is 0 Å². The zero-order chi connectivity index (χ0) is 13.9. The number of rotatable bonds is 3. The summed E-state index contributed by atoms with van der Waals surface area (Å²) in [5.41, 5.74) is 6.38. The van der Waals surface area contributed by atoms with E-state index < -0.39 is 0 Å². The van der Waals surface area contributed by atoms with Gasteiger partial charge in [-0.2, -0.15) is 0 Å². The minimum Gasteiger partial charge on any atom is -0.385 e. The van der Waals surface area contributed by atoms with Crippen LogP contribution in [0.1, 0.15) is 28.7 Å². The van der Waals surface area contributed by atoms with Gasteiger partial charge >= 0.3 is 0 Å². The number of anilines is 1. The van der Waals surface area contributed by atoms with Crippen molar-refractivity contribution in [3.05, 3.63) is 64.5 Å². The number of benzene rings is 2. The Bertz CT molecular complexity index is 619. The third-order valence-corrected chi connectivity index (χ3v) is 4.10. The third kappa shape index (κ3) is 2.84. The molecule has 0 spiro atoms. The molecule has 0 saturated carbocycles. The van der Waals surface area contributed by atoms with Crippen LogP contribution in [0.2, 0.25) is 0 Å². The lowest BCUT2D eigenvalue weighted by Crippen LogP contribution is -2.11. The fourth-order valence-electron chi connectivity index (χ4n) is 2.90. The zero-order valence-corrected chi connectivity index (χ0v) is 11.9. The third-order valence-electron chi connectivity index (χ3n) is 4.10. The second-order valence-corrected chi connectivity index (χ2v) is 5.59. The van der Waals surface area contributed by atoms with Gasteiger partial charge in [0.1, 0.15) is 5.82 Å². The van der Waals surface area contributed by atoms with E-state index in [0.717, 1.165) is 24.9 Å². The highest BCUT2D eigenvalue weighted by molar-refractivity contribution is 5.54. The summed E-state index contributed by atoms with van der Waals surface area (Å²) in [4.78, 5) is 0. The van der Waals surface area contributed by atoms with E-state index in [1.807, 2.05) is 13.0 Å². The highest BCUT2D eigenvalue weighted by Crippen LogP contribution is 2.24. The van der Waals surface area contributed by atoms with Crippen LogP contribution in [0.3, 0.4) is 0 Å². The van der Waals surface area contributed by atoms with E-state index in [1.54, 1.807) is 12.1 Å². The number of halogens is 1. The molecule has 0 amide bonds. The predicted molar refractivity (Wildman–Crippen MR) is 81.8 cm³/mol. The van der Waals surface area contributed by atoms with Crippen molar-refractivity contribution in [3.63, 3.8) is 0 Å². The van der Waals surface area contributed by atoms with Crippen molar-refractivity contribution in [2.24, 2.45) is 0 Å². The van der Waals surface area contributed by atoms with Crippen LogP contribution >= 0.6 is 0 Å². The summed E-state index contributed by atoms with van der Waals surface area (Å²) in [7, 11) is 0. The van der Waals surface area contributed by atoms with E-state index in [-0.39, 0.29) is 5.82 Å². The zero-order valence-electron chi connectivity index (χ0n) is 11.9. The first-order chi connectivity index (χ1) is 9.72. The van der Waals surface area contributed by atoms with Gasteiger partial charge in [-0.15, -0.1) is 0 Å². The van der Waals surface area contributed by atoms with Crippen LogP contribution in [0.15, 0.2) is 36.4 Å². The molecule has 104 valence electrons. The van der Waals surface area contributed by atoms with Crippen molar-refractivity contribution in [1.82, 2.24) is 0 Å². The minimum absolute atomic E-state index is 0.147. The summed E-state index contributed by atoms with van der Waals surface area (Å²) in [6.45, 7) is 3.07. The average molecular weight is 269 g/mol. The summed E-state index contributed by atoms with van der Waals surface area (Å²) in [6, 6.07) is 11.8. The maximum Gasteiger partial charge on any atom is 0.123 e. The molecule has 1 aliphatic rings. The van der Waals surface area contributed by atoms with E-state index in [9.17, 15) is 4.39 Å². The van der Waals surface area contributed by atoms with Crippen molar-refractivity contribution in [2.45, 2.75) is 32.6 Å². The van der Waals surface area contributed by atoms with E-state index in [4.69, 9.17) is 0 Å². The molecule has 3 rings (SSSR count). The van der Waals surface area contributed by atoms with Gasteiger partial charge in [-0.25, -0.2) is 4.39 Å². The number of hydrogen-bond donors (Lipinski definition) is 1. The molecule has 2 heteroatoms. The summed E-state index contributed by atoms with van der Waals surface area (Å²) in [5, 5.41) is 3.44. The van der Waals surface area contributed by atoms with Crippen LogP contribution in [-0.2, 0) is 19.3 Å². The lowest BCUT2D eigenvalue weighted by atomic mass is 9.96. The van der Waals surface area contributed by atoms with Crippen LogP contribution in [0.5, 0.6) is 0 Å². The molecule has 0 radical (unpaired) electrons. The monoisotopic (exact) mass is 269 g/mol. The van der Waals surface area contributed by atoms with Gasteiger partial charge in [0.25, 0.3) is 0 Å². The van der Waals surface area contributed by atoms with Crippen molar-refractivity contribution < 1.29 is 4.39 Å². The van der Waals surface area contributed by atoms with Crippen LogP contribution in [0, 0.1) is 12.7 Å². The van der Waals surface area contributed by atoms with Crippen LogP contribution in [0.4, 0.5) is 10.1 Å². The van der Waals surface area contributed by atoms with Crippen molar-refractivity contribution >= 4 is 5.69 Å². The molecule has 0 atom stereocenters. The largest absolute Gasteiger partial charge is 0.385 e. The number of nitrogens with one attached hydrogen (secondary N) is 1. The second-order valence-electron chi connectivity index (χ2n) is 5.59. The van der Waals surface area contributed by atoms with Gasteiger partial charge in [-0.1, -0.05) is 18.2 Å². The molecule has 0 bridgehead atoms. The van der Waals surface area contributed by atoms with Gasteiger partial charge in [-0.05, 0) is 73.1 Å². The first-order valence-corrected chi connectivity index (χ1v) is 7.33. The van der Waals surface area contributed by atoms with E-state index in [1.165, 1.54) is 35.2 Å². The molecular weight excluding hydrogens is 249 g/mol. The fourth-order valence-corrected chi connectivity index (χ4v) is 2.90. The maximum absolute atomic E-state index is 13.1. The van der Waals surface area contributed by atoms with Crippen molar-refractivity contribution in [3.8, 4) is 0 Å². The molecule has 0 fully saturated rings. The minimum atomic E-state index is -0.147. The molecule has 2 aromatic rings.